The third kappa shape index (κ3) is 4.27. The molecule has 0 fully saturated rings. The second kappa shape index (κ2) is 6.99. The van der Waals surface area contributed by atoms with Gasteiger partial charge < -0.3 is 26.2 Å². The fourth-order valence-corrected chi connectivity index (χ4v) is 2.42. The fraction of sp³-hybridized carbons (Fsp3) is 0.600. The Morgan fingerprint density at radius 3 is 2.79 bits per heavy atom. The van der Waals surface area contributed by atoms with Gasteiger partial charge in [-0.2, -0.15) is 0 Å². The monoisotopic (exact) mass is 308 g/mol. The van der Waals surface area contributed by atoms with E-state index in [1.54, 1.807) is 11.5 Å². The Labute approximate surface area is 119 Å². The average molecular weight is 309 g/mol. The second-order valence-electron chi connectivity index (χ2n) is 4.02. The van der Waals surface area contributed by atoms with E-state index in [2.05, 4.69) is 4.98 Å². The summed E-state index contributed by atoms with van der Waals surface area (Å²) in [6, 6.07) is -0.969. The van der Waals surface area contributed by atoms with Gasteiger partial charge in [-0.3, -0.25) is 4.79 Å². The van der Waals surface area contributed by atoms with Crippen LogP contribution in [0.15, 0.2) is 5.03 Å². The molecule has 1 aromatic rings. The van der Waals surface area contributed by atoms with Gasteiger partial charge >= 0.3 is 5.97 Å². The molecule has 19 heavy (non-hydrogen) atoms. The lowest BCUT2D eigenvalue weighted by Gasteiger charge is -2.11. The molecule has 108 valence electrons. The fourth-order valence-electron chi connectivity index (χ4n) is 1.39. The van der Waals surface area contributed by atoms with Gasteiger partial charge in [-0.05, 0) is 6.92 Å². The van der Waals surface area contributed by atoms with Crippen molar-refractivity contribution in [2.24, 2.45) is 5.73 Å². The van der Waals surface area contributed by atoms with Crippen LogP contribution in [0, 0.1) is 6.92 Å². The Kier molecular flexibility index (Phi) is 5.92. The van der Waals surface area contributed by atoms with E-state index in [1.807, 2.05) is 0 Å². The highest BCUT2D eigenvalue weighted by Crippen LogP contribution is 2.26. The van der Waals surface area contributed by atoms with Gasteiger partial charge in [0.05, 0.1) is 18.5 Å². The van der Waals surface area contributed by atoms with E-state index < -0.39 is 18.1 Å². The van der Waals surface area contributed by atoms with Gasteiger partial charge in [-0.1, -0.05) is 0 Å². The number of nitrogens with two attached hydrogens (primary N) is 2. The normalized spacial score (nSPS) is 14.3. The Balaban J connectivity index is 2.76. The van der Waals surface area contributed by atoms with Crippen LogP contribution in [0.5, 0.6) is 0 Å². The molecule has 0 saturated carbocycles. The predicted molar refractivity (Wildman–Crippen MR) is 74.4 cm³/mol. The summed E-state index contributed by atoms with van der Waals surface area (Å²) in [5.74, 6) is 0.217. The number of hydrogen-bond acceptors (Lipinski definition) is 6. The van der Waals surface area contributed by atoms with E-state index in [0.717, 1.165) is 0 Å². The molecule has 2 atom stereocenters. The van der Waals surface area contributed by atoms with Gasteiger partial charge in [0, 0.05) is 5.75 Å². The molecule has 0 amide bonds. The van der Waals surface area contributed by atoms with Crippen molar-refractivity contribution < 1.29 is 15.0 Å². The number of alkyl halides is 1. The number of nitrogen functional groups attached to an aromatic ring is 1. The van der Waals surface area contributed by atoms with Crippen molar-refractivity contribution in [3.05, 3.63) is 5.82 Å². The van der Waals surface area contributed by atoms with Gasteiger partial charge in [-0.25, -0.2) is 4.98 Å². The van der Waals surface area contributed by atoms with E-state index in [9.17, 15) is 9.90 Å². The molecular formula is C10H17ClN4O3S. The molecular weight excluding hydrogens is 292 g/mol. The number of rotatable bonds is 7. The first-order valence-electron chi connectivity index (χ1n) is 5.54. The summed E-state index contributed by atoms with van der Waals surface area (Å²) in [4.78, 5) is 14.8. The highest BCUT2D eigenvalue weighted by atomic mass is 35.5. The topological polar surface area (TPSA) is 127 Å². The van der Waals surface area contributed by atoms with Gasteiger partial charge in [-0.15, -0.1) is 23.4 Å². The number of carbonyl (C=O) groups is 1. The molecule has 0 aliphatic rings. The summed E-state index contributed by atoms with van der Waals surface area (Å²) >= 11 is 6.72. The molecule has 2 unspecified atom stereocenters. The quantitative estimate of drug-likeness (QED) is 0.408. The molecule has 0 bridgehead atoms. The Morgan fingerprint density at radius 2 is 2.26 bits per heavy atom. The average Bonchev–Trinajstić information content (AvgIpc) is 2.63. The van der Waals surface area contributed by atoms with Crippen molar-refractivity contribution in [1.29, 1.82) is 0 Å². The highest BCUT2D eigenvalue weighted by molar-refractivity contribution is 7.99. The SMILES string of the molecule is Cc1nc(SCC(N)C(=O)O)c(N)n1CC(O)CCl. The lowest BCUT2D eigenvalue weighted by atomic mass is 10.4. The number of aliphatic hydroxyl groups is 1. The number of aromatic nitrogens is 2. The Hall–Kier alpha value is -0.960. The van der Waals surface area contributed by atoms with Crippen LogP contribution >= 0.6 is 23.4 Å². The van der Waals surface area contributed by atoms with Crippen molar-refractivity contribution in [3.8, 4) is 0 Å². The minimum absolute atomic E-state index is 0.101. The van der Waals surface area contributed by atoms with Gasteiger partial charge in [0.25, 0.3) is 0 Å². The molecule has 1 rings (SSSR count). The van der Waals surface area contributed by atoms with Crippen molar-refractivity contribution >= 4 is 35.1 Å². The molecule has 6 N–H and O–H groups in total. The maximum absolute atomic E-state index is 10.6. The molecule has 1 aromatic heterocycles. The number of halogens is 1. The molecule has 0 aliphatic heterocycles. The van der Waals surface area contributed by atoms with Crippen LogP contribution in [-0.4, -0.2) is 49.5 Å². The van der Waals surface area contributed by atoms with Crippen LogP contribution in [0.25, 0.3) is 0 Å². The first-order chi connectivity index (χ1) is 8.86. The Morgan fingerprint density at radius 1 is 1.63 bits per heavy atom. The zero-order chi connectivity index (χ0) is 14.6. The van der Waals surface area contributed by atoms with Crippen molar-refractivity contribution in [2.75, 3.05) is 17.4 Å². The number of anilines is 1. The maximum atomic E-state index is 10.6. The third-order valence-corrected chi connectivity index (χ3v) is 3.91. The summed E-state index contributed by atoms with van der Waals surface area (Å²) in [6.45, 7) is 2.00. The first kappa shape index (κ1) is 16.1. The van der Waals surface area contributed by atoms with Crippen LogP contribution in [0.4, 0.5) is 5.82 Å². The molecule has 1 heterocycles. The molecule has 0 spiro atoms. The minimum atomic E-state index is -1.07. The summed E-state index contributed by atoms with van der Waals surface area (Å²) in [6.07, 6.45) is -0.712. The summed E-state index contributed by atoms with van der Waals surface area (Å²) < 4.78 is 1.64. The van der Waals surface area contributed by atoms with Gasteiger partial charge in [0.1, 0.15) is 22.7 Å². The van der Waals surface area contributed by atoms with E-state index in [1.165, 1.54) is 11.8 Å². The second-order valence-corrected chi connectivity index (χ2v) is 5.34. The Bertz CT molecular complexity index is 454. The number of aryl methyl sites for hydroxylation is 1. The van der Waals surface area contributed by atoms with Crippen molar-refractivity contribution in [3.63, 3.8) is 0 Å². The van der Waals surface area contributed by atoms with Crippen LogP contribution in [0.1, 0.15) is 5.82 Å². The molecule has 0 saturated heterocycles. The summed E-state index contributed by atoms with van der Waals surface area (Å²) in [5, 5.41) is 18.7. The smallest absolute Gasteiger partial charge is 0.321 e. The van der Waals surface area contributed by atoms with E-state index in [0.29, 0.717) is 16.7 Å². The van der Waals surface area contributed by atoms with Gasteiger partial charge in [0.2, 0.25) is 0 Å². The van der Waals surface area contributed by atoms with Crippen LogP contribution in [-0.2, 0) is 11.3 Å². The number of aliphatic hydroxyl groups excluding tert-OH is 1. The number of hydrogen-bond donors (Lipinski definition) is 4. The van der Waals surface area contributed by atoms with Gasteiger partial charge in [0.15, 0.2) is 0 Å². The molecule has 7 nitrogen and oxygen atoms in total. The summed E-state index contributed by atoms with van der Waals surface area (Å²) in [7, 11) is 0. The molecule has 9 heteroatoms. The van der Waals surface area contributed by atoms with Crippen molar-refractivity contribution in [1.82, 2.24) is 9.55 Å². The maximum Gasteiger partial charge on any atom is 0.321 e. The summed E-state index contributed by atoms with van der Waals surface area (Å²) in [5.41, 5.74) is 11.3. The minimum Gasteiger partial charge on any atom is -0.480 e. The van der Waals surface area contributed by atoms with E-state index in [-0.39, 0.29) is 18.2 Å². The van der Waals surface area contributed by atoms with E-state index in [4.69, 9.17) is 28.2 Å². The molecule has 0 radical (unpaired) electrons. The van der Waals surface area contributed by atoms with Crippen LogP contribution in [0.2, 0.25) is 0 Å². The number of carboxylic acids is 1. The lowest BCUT2D eigenvalue weighted by Crippen LogP contribution is -2.32. The van der Waals surface area contributed by atoms with Crippen LogP contribution < -0.4 is 11.5 Å². The number of nitrogens with zero attached hydrogens (tertiary/aromatic N) is 2. The standard InChI is InChI=1S/C10H17ClN4O3S/c1-5-14-9(19-4-7(12)10(17)18)8(13)15(5)3-6(16)2-11/h6-7,16H,2-4,12-13H2,1H3,(H,17,18). The first-order valence-corrected chi connectivity index (χ1v) is 7.06. The van der Waals surface area contributed by atoms with Crippen LogP contribution in [0.3, 0.4) is 0 Å². The molecule has 0 aliphatic carbocycles. The molecule has 0 aromatic carbocycles. The predicted octanol–water partition coefficient (Wildman–Crippen LogP) is -0.123. The zero-order valence-electron chi connectivity index (χ0n) is 10.4. The zero-order valence-corrected chi connectivity index (χ0v) is 12.0. The van der Waals surface area contributed by atoms with E-state index >= 15 is 0 Å². The van der Waals surface area contributed by atoms with Crippen molar-refractivity contribution in [2.45, 2.75) is 30.6 Å². The number of aliphatic carboxylic acids is 1. The largest absolute Gasteiger partial charge is 0.480 e. The lowest BCUT2D eigenvalue weighted by molar-refractivity contribution is -0.137. The number of carboxylic acid groups (broad SMARTS) is 1. The number of thioether (sulfide) groups is 1. The highest BCUT2D eigenvalue weighted by Gasteiger charge is 2.18. The number of imidazole rings is 1. The third-order valence-electron chi connectivity index (χ3n) is 2.45.